The molecule has 0 amide bonds. The van der Waals surface area contributed by atoms with Crippen LogP contribution in [0.4, 0.5) is 5.69 Å². The molecule has 0 aliphatic rings. The summed E-state index contributed by atoms with van der Waals surface area (Å²) in [5.41, 5.74) is 10.5. The summed E-state index contributed by atoms with van der Waals surface area (Å²) >= 11 is 0. The molecular weight excluding hydrogens is 394 g/mol. The summed E-state index contributed by atoms with van der Waals surface area (Å²) in [6.45, 7) is 2.46. The van der Waals surface area contributed by atoms with Crippen molar-refractivity contribution in [3.8, 4) is 0 Å². The Labute approximate surface area is 181 Å². The highest BCUT2D eigenvalue weighted by molar-refractivity contribution is 5.89. The molecule has 0 aromatic heterocycles. The Kier molecular flexibility index (Phi) is 7.48. The number of nitrogens with two attached hydrogens (primary N) is 1. The summed E-state index contributed by atoms with van der Waals surface area (Å²) in [6, 6.07) is 22.1. The summed E-state index contributed by atoms with van der Waals surface area (Å²) in [5.74, 6) is -0.366. The topological polar surface area (TPSA) is 98.7 Å². The van der Waals surface area contributed by atoms with Crippen molar-refractivity contribution in [3.63, 3.8) is 0 Å². The Hall–Kier alpha value is -3.55. The second-order valence-electron chi connectivity index (χ2n) is 7.28. The van der Waals surface area contributed by atoms with Gasteiger partial charge in [0.1, 0.15) is 0 Å². The lowest BCUT2D eigenvalue weighted by atomic mass is 10.1. The number of nitro benzene ring substituents is 1. The van der Waals surface area contributed by atoms with Gasteiger partial charge < -0.3 is 10.5 Å². The summed E-state index contributed by atoms with van der Waals surface area (Å²) in [4.78, 5) is 24.4. The van der Waals surface area contributed by atoms with E-state index in [0.717, 1.165) is 22.3 Å². The summed E-state index contributed by atoms with van der Waals surface area (Å²) in [5, 5.41) is 10.9. The number of benzene rings is 3. The van der Waals surface area contributed by atoms with E-state index in [1.165, 1.54) is 19.2 Å². The van der Waals surface area contributed by atoms with Crippen LogP contribution in [0.15, 0.2) is 72.8 Å². The SMILES string of the molecule is COC(=O)c1ccc(CN(Cc2ccc(CN)cc2)Cc2ccc([N+](=O)[O-])cc2)cc1. The zero-order valence-electron chi connectivity index (χ0n) is 17.4. The second-order valence-corrected chi connectivity index (χ2v) is 7.28. The highest BCUT2D eigenvalue weighted by Gasteiger charge is 2.12. The molecule has 0 fully saturated rings. The van der Waals surface area contributed by atoms with Crippen molar-refractivity contribution in [1.82, 2.24) is 4.90 Å². The lowest BCUT2D eigenvalue weighted by Crippen LogP contribution is -2.22. The predicted molar refractivity (Wildman–Crippen MR) is 118 cm³/mol. The average Bonchev–Trinajstić information content (AvgIpc) is 2.80. The molecule has 7 heteroatoms. The van der Waals surface area contributed by atoms with Crippen molar-refractivity contribution in [2.24, 2.45) is 5.73 Å². The van der Waals surface area contributed by atoms with Gasteiger partial charge >= 0.3 is 5.97 Å². The quantitative estimate of drug-likeness (QED) is 0.319. The van der Waals surface area contributed by atoms with E-state index in [1.54, 1.807) is 24.3 Å². The van der Waals surface area contributed by atoms with Crippen LogP contribution in [0.3, 0.4) is 0 Å². The van der Waals surface area contributed by atoms with Gasteiger partial charge in [-0.1, -0.05) is 48.5 Å². The molecule has 0 heterocycles. The van der Waals surface area contributed by atoms with Gasteiger partial charge in [0, 0.05) is 38.3 Å². The first-order valence-electron chi connectivity index (χ1n) is 9.89. The van der Waals surface area contributed by atoms with Crippen molar-refractivity contribution in [3.05, 3.63) is 111 Å². The molecule has 0 aliphatic heterocycles. The van der Waals surface area contributed by atoms with Crippen LogP contribution < -0.4 is 5.73 Å². The maximum Gasteiger partial charge on any atom is 0.337 e. The molecule has 160 valence electrons. The molecule has 0 saturated carbocycles. The summed E-state index contributed by atoms with van der Waals surface area (Å²) in [7, 11) is 1.36. The van der Waals surface area contributed by atoms with E-state index in [4.69, 9.17) is 10.5 Å². The largest absolute Gasteiger partial charge is 0.465 e. The molecule has 3 rings (SSSR count). The lowest BCUT2D eigenvalue weighted by Gasteiger charge is -2.23. The Morgan fingerprint density at radius 1 is 0.839 bits per heavy atom. The van der Waals surface area contributed by atoms with E-state index in [0.29, 0.717) is 31.7 Å². The van der Waals surface area contributed by atoms with E-state index < -0.39 is 4.92 Å². The van der Waals surface area contributed by atoms with Gasteiger partial charge in [-0.05, 0) is 34.4 Å². The van der Waals surface area contributed by atoms with Gasteiger partial charge in [0.2, 0.25) is 0 Å². The van der Waals surface area contributed by atoms with Gasteiger partial charge in [0.25, 0.3) is 5.69 Å². The first kappa shape index (κ1) is 22.1. The molecule has 7 nitrogen and oxygen atoms in total. The van der Waals surface area contributed by atoms with Crippen LogP contribution in [-0.2, 0) is 30.9 Å². The monoisotopic (exact) mass is 419 g/mol. The van der Waals surface area contributed by atoms with Crippen LogP contribution >= 0.6 is 0 Å². The fourth-order valence-electron chi connectivity index (χ4n) is 3.31. The fraction of sp³-hybridized carbons (Fsp3) is 0.208. The minimum atomic E-state index is -0.399. The van der Waals surface area contributed by atoms with Crippen LogP contribution in [0.5, 0.6) is 0 Å². The minimum absolute atomic E-state index is 0.0751. The summed E-state index contributed by atoms with van der Waals surface area (Å²) in [6.07, 6.45) is 0. The van der Waals surface area contributed by atoms with Crippen molar-refractivity contribution in [2.45, 2.75) is 26.2 Å². The number of nitro groups is 1. The van der Waals surface area contributed by atoms with E-state index in [2.05, 4.69) is 17.0 Å². The number of methoxy groups -OCH3 is 1. The molecule has 0 radical (unpaired) electrons. The van der Waals surface area contributed by atoms with Gasteiger partial charge in [-0.3, -0.25) is 15.0 Å². The first-order chi connectivity index (χ1) is 15.0. The number of nitrogens with zero attached hydrogens (tertiary/aromatic N) is 2. The molecule has 2 N–H and O–H groups in total. The number of rotatable bonds is 9. The number of non-ortho nitro benzene ring substituents is 1. The van der Waals surface area contributed by atoms with Crippen LogP contribution in [0.1, 0.15) is 32.6 Å². The molecule has 0 unspecified atom stereocenters. The van der Waals surface area contributed by atoms with E-state index in [9.17, 15) is 14.9 Å². The average molecular weight is 419 g/mol. The van der Waals surface area contributed by atoms with E-state index in [1.807, 2.05) is 24.3 Å². The number of hydrogen-bond acceptors (Lipinski definition) is 6. The highest BCUT2D eigenvalue weighted by Crippen LogP contribution is 2.18. The van der Waals surface area contributed by atoms with Crippen molar-refractivity contribution >= 4 is 11.7 Å². The minimum Gasteiger partial charge on any atom is -0.465 e. The van der Waals surface area contributed by atoms with Crippen LogP contribution in [0.25, 0.3) is 0 Å². The molecule has 0 aliphatic carbocycles. The van der Waals surface area contributed by atoms with Crippen LogP contribution in [0, 0.1) is 10.1 Å². The number of ether oxygens (including phenoxy) is 1. The third-order valence-corrected chi connectivity index (χ3v) is 5.00. The van der Waals surface area contributed by atoms with E-state index >= 15 is 0 Å². The number of hydrogen-bond donors (Lipinski definition) is 1. The molecule has 31 heavy (non-hydrogen) atoms. The van der Waals surface area contributed by atoms with Crippen molar-refractivity contribution in [2.75, 3.05) is 7.11 Å². The van der Waals surface area contributed by atoms with Crippen molar-refractivity contribution < 1.29 is 14.5 Å². The number of carbonyl (C=O) groups excluding carboxylic acids is 1. The van der Waals surface area contributed by atoms with Crippen LogP contribution in [-0.4, -0.2) is 22.9 Å². The zero-order valence-corrected chi connectivity index (χ0v) is 17.4. The lowest BCUT2D eigenvalue weighted by molar-refractivity contribution is -0.384. The van der Waals surface area contributed by atoms with Gasteiger partial charge in [0.05, 0.1) is 17.6 Å². The normalized spacial score (nSPS) is 10.8. The van der Waals surface area contributed by atoms with Crippen LogP contribution in [0.2, 0.25) is 0 Å². The molecule has 0 bridgehead atoms. The predicted octanol–water partition coefficient (Wildman–Crippen LogP) is 4.04. The van der Waals surface area contributed by atoms with Gasteiger partial charge in [0.15, 0.2) is 0 Å². The molecule has 3 aromatic carbocycles. The Balaban J connectivity index is 1.78. The fourth-order valence-corrected chi connectivity index (χ4v) is 3.31. The smallest absolute Gasteiger partial charge is 0.337 e. The molecule has 0 atom stereocenters. The number of carbonyl (C=O) groups is 1. The third-order valence-electron chi connectivity index (χ3n) is 5.00. The zero-order chi connectivity index (χ0) is 22.2. The molecule has 3 aromatic rings. The second kappa shape index (κ2) is 10.5. The standard InChI is InChI=1S/C24H25N3O4/c1-31-24(28)22-10-6-20(7-11-22)16-26(15-19-4-2-18(14-25)3-5-19)17-21-8-12-23(13-9-21)27(29)30/h2-13H,14-17,25H2,1H3. The highest BCUT2D eigenvalue weighted by atomic mass is 16.6. The first-order valence-corrected chi connectivity index (χ1v) is 9.89. The van der Waals surface area contributed by atoms with Crippen molar-refractivity contribution in [1.29, 1.82) is 0 Å². The molecule has 0 saturated heterocycles. The molecular formula is C24H25N3O4. The van der Waals surface area contributed by atoms with Gasteiger partial charge in [-0.15, -0.1) is 0 Å². The van der Waals surface area contributed by atoms with Gasteiger partial charge in [-0.2, -0.15) is 0 Å². The Morgan fingerprint density at radius 2 is 1.26 bits per heavy atom. The maximum absolute atomic E-state index is 11.7. The molecule has 0 spiro atoms. The Morgan fingerprint density at radius 3 is 1.68 bits per heavy atom. The van der Waals surface area contributed by atoms with Gasteiger partial charge in [-0.25, -0.2) is 4.79 Å². The number of esters is 1. The third kappa shape index (κ3) is 6.21. The summed E-state index contributed by atoms with van der Waals surface area (Å²) < 4.78 is 4.75. The Bertz CT molecular complexity index is 1020. The van der Waals surface area contributed by atoms with E-state index in [-0.39, 0.29) is 11.7 Å². The maximum atomic E-state index is 11.7.